The Balaban J connectivity index is 2.06. The summed E-state index contributed by atoms with van der Waals surface area (Å²) in [5.74, 6) is 0.201. The molecule has 0 radical (unpaired) electrons. The van der Waals surface area contributed by atoms with E-state index in [1.54, 1.807) is 12.1 Å². The third-order valence-electron chi connectivity index (χ3n) is 4.73. The summed E-state index contributed by atoms with van der Waals surface area (Å²) in [4.78, 5) is 18.6. The number of carboxylic acids is 1. The van der Waals surface area contributed by atoms with Crippen LogP contribution in [0.1, 0.15) is 69.1 Å². The lowest BCUT2D eigenvalue weighted by Gasteiger charge is -2.20. The molecule has 0 saturated heterocycles. The molecule has 1 aromatic carbocycles. The SMILES string of the molecule is CCCN(CCC)CCCCc1nc2ccc(C(=O)O)cc2n1CCC. The van der Waals surface area contributed by atoms with Gasteiger partial charge in [-0.25, -0.2) is 9.78 Å². The lowest BCUT2D eigenvalue weighted by Crippen LogP contribution is -2.26. The number of fused-ring (bicyclic) bond motifs is 1. The number of carbonyl (C=O) groups is 1. The van der Waals surface area contributed by atoms with E-state index in [0.717, 1.165) is 49.2 Å². The van der Waals surface area contributed by atoms with Crippen molar-refractivity contribution >= 4 is 17.0 Å². The van der Waals surface area contributed by atoms with E-state index in [2.05, 4.69) is 30.2 Å². The van der Waals surface area contributed by atoms with E-state index in [1.165, 1.54) is 32.4 Å². The molecule has 0 spiro atoms. The Morgan fingerprint density at radius 1 is 1.08 bits per heavy atom. The van der Waals surface area contributed by atoms with Gasteiger partial charge >= 0.3 is 5.97 Å². The zero-order valence-electron chi connectivity index (χ0n) is 16.5. The Bertz CT molecular complexity index is 703. The van der Waals surface area contributed by atoms with E-state index in [0.29, 0.717) is 5.56 Å². The minimum atomic E-state index is -0.885. The first-order chi connectivity index (χ1) is 12.6. The Kier molecular flexibility index (Phi) is 8.10. The number of hydrogen-bond donors (Lipinski definition) is 1. The number of aryl methyl sites for hydroxylation is 2. The number of unbranched alkanes of at least 4 members (excludes halogenated alkanes) is 1. The summed E-state index contributed by atoms with van der Waals surface area (Å²) in [6.45, 7) is 11.0. The minimum absolute atomic E-state index is 0.330. The van der Waals surface area contributed by atoms with Crippen LogP contribution in [-0.2, 0) is 13.0 Å². The molecule has 2 rings (SSSR count). The molecule has 0 aliphatic heterocycles. The van der Waals surface area contributed by atoms with Crippen molar-refractivity contribution in [2.75, 3.05) is 19.6 Å². The molecule has 5 heteroatoms. The van der Waals surface area contributed by atoms with Crippen LogP contribution in [0.5, 0.6) is 0 Å². The van der Waals surface area contributed by atoms with Crippen molar-refractivity contribution in [2.24, 2.45) is 0 Å². The number of hydrogen-bond acceptors (Lipinski definition) is 3. The quantitative estimate of drug-likeness (QED) is 0.563. The summed E-state index contributed by atoms with van der Waals surface area (Å²) >= 11 is 0. The number of imidazole rings is 1. The predicted molar refractivity (Wildman–Crippen MR) is 107 cm³/mol. The first kappa shape index (κ1) is 20.4. The second-order valence-electron chi connectivity index (χ2n) is 6.99. The van der Waals surface area contributed by atoms with Crippen molar-refractivity contribution in [3.63, 3.8) is 0 Å². The van der Waals surface area contributed by atoms with E-state index >= 15 is 0 Å². The molecule has 1 heterocycles. The maximum Gasteiger partial charge on any atom is 0.335 e. The zero-order chi connectivity index (χ0) is 18.9. The van der Waals surface area contributed by atoms with E-state index < -0.39 is 5.97 Å². The van der Waals surface area contributed by atoms with Crippen LogP contribution in [0.2, 0.25) is 0 Å². The maximum atomic E-state index is 11.3. The first-order valence-electron chi connectivity index (χ1n) is 10.0. The molecule has 26 heavy (non-hydrogen) atoms. The Morgan fingerprint density at radius 3 is 2.42 bits per heavy atom. The van der Waals surface area contributed by atoms with Gasteiger partial charge in [-0.1, -0.05) is 20.8 Å². The molecule has 5 nitrogen and oxygen atoms in total. The van der Waals surface area contributed by atoms with E-state index in [9.17, 15) is 9.90 Å². The molecule has 0 amide bonds. The van der Waals surface area contributed by atoms with Crippen molar-refractivity contribution in [2.45, 2.75) is 65.8 Å². The summed E-state index contributed by atoms with van der Waals surface area (Å²) < 4.78 is 2.21. The molecular weight excluding hydrogens is 326 g/mol. The maximum absolute atomic E-state index is 11.3. The van der Waals surface area contributed by atoms with Gasteiger partial charge in [0.15, 0.2) is 0 Å². The molecule has 1 aromatic heterocycles. The number of carboxylic acid groups (broad SMARTS) is 1. The van der Waals surface area contributed by atoms with Gasteiger partial charge in [0.25, 0.3) is 0 Å². The second-order valence-corrected chi connectivity index (χ2v) is 6.99. The van der Waals surface area contributed by atoms with Gasteiger partial charge in [0.05, 0.1) is 16.6 Å². The normalized spacial score (nSPS) is 11.5. The van der Waals surface area contributed by atoms with Crippen LogP contribution in [0.4, 0.5) is 0 Å². The predicted octanol–water partition coefficient (Wildman–Crippen LogP) is 4.59. The van der Waals surface area contributed by atoms with Gasteiger partial charge in [0.2, 0.25) is 0 Å². The molecule has 0 saturated carbocycles. The fourth-order valence-corrected chi connectivity index (χ4v) is 3.56. The number of rotatable bonds is 12. The molecule has 0 aliphatic rings. The number of aromatic nitrogens is 2. The fraction of sp³-hybridized carbons (Fsp3) is 0.619. The van der Waals surface area contributed by atoms with Gasteiger partial charge < -0.3 is 14.6 Å². The third-order valence-corrected chi connectivity index (χ3v) is 4.73. The van der Waals surface area contributed by atoms with Crippen LogP contribution in [0.3, 0.4) is 0 Å². The van der Waals surface area contributed by atoms with Crippen molar-refractivity contribution < 1.29 is 9.90 Å². The highest BCUT2D eigenvalue weighted by atomic mass is 16.4. The monoisotopic (exact) mass is 359 g/mol. The summed E-state index contributed by atoms with van der Waals surface area (Å²) in [5, 5.41) is 9.25. The van der Waals surface area contributed by atoms with Crippen LogP contribution in [0.25, 0.3) is 11.0 Å². The van der Waals surface area contributed by atoms with Crippen molar-refractivity contribution in [3.05, 3.63) is 29.6 Å². The van der Waals surface area contributed by atoms with Crippen molar-refractivity contribution in [1.82, 2.24) is 14.5 Å². The Labute approximate surface area is 157 Å². The average molecular weight is 360 g/mol. The van der Waals surface area contributed by atoms with Crippen molar-refractivity contribution in [1.29, 1.82) is 0 Å². The molecule has 1 N–H and O–H groups in total. The minimum Gasteiger partial charge on any atom is -0.478 e. The van der Waals surface area contributed by atoms with Crippen LogP contribution in [-0.4, -0.2) is 45.2 Å². The topological polar surface area (TPSA) is 58.4 Å². The molecule has 2 aromatic rings. The molecule has 0 unspecified atom stereocenters. The van der Waals surface area contributed by atoms with Gasteiger partial charge in [0, 0.05) is 13.0 Å². The van der Waals surface area contributed by atoms with E-state index in [1.807, 2.05) is 6.07 Å². The van der Waals surface area contributed by atoms with Crippen molar-refractivity contribution in [3.8, 4) is 0 Å². The van der Waals surface area contributed by atoms with Crippen LogP contribution in [0, 0.1) is 0 Å². The van der Waals surface area contributed by atoms with Gasteiger partial charge in [-0.15, -0.1) is 0 Å². The van der Waals surface area contributed by atoms with Gasteiger partial charge in [-0.2, -0.15) is 0 Å². The standard InChI is InChI=1S/C21H33N3O2/c1-4-12-23(13-5-2)15-8-7-9-20-22-18-11-10-17(21(25)26)16-19(18)24(20)14-6-3/h10-11,16H,4-9,12-15H2,1-3H3,(H,25,26). The lowest BCUT2D eigenvalue weighted by atomic mass is 10.2. The third kappa shape index (κ3) is 5.31. The lowest BCUT2D eigenvalue weighted by molar-refractivity contribution is 0.0697. The highest BCUT2D eigenvalue weighted by molar-refractivity contribution is 5.92. The first-order valence-corrected chi connectivity index (χ1v) is 10.0. The molecule has 0 fully saturated rings. The van der Waals surface area contributed by atoms with Crippen LogP contribution < -0.4 is 0 Å². The second kappa shape index (κ2) is 10.3. The highest BCUT2D eigenvalue weighted by Crippen LogP contribution is 2.20. The zero-order valence-corrected chi connectivity index (χ0v) is 16.5. The fourth-order valence-electron chi connectivity index (χ4n) is 3.56. The number of aromatic carboxylic acids is 1. The van der Waals surface area contributed by atoms with Crippen LogP contribution >= 0.6 is 0 Å². The van der Waals surface area contributed by atoms with E-state index in [-0.39, 0.29) is 0 Å². The van der Waals surface area contributed by atoms with E-state index in [4.69, 9.17) is 4.98 Å². The average Bonchev–Trinajstić information content (AvgIpc) is 2.96. The molecule has 144 valence electrons. The smallest absolute Gasteiger partial charge is 0.335 e. The summed E-state index contributed by atoms with van der Waals surface area (Å²) in [6.07, 6.45) is 6.66. The summed E-state index contributed by atoms with van der Waals surface area (Å²) in [7, 11) is 0. The Morgan fingerprint density at radius 2 is 1.81 bits per heavy atom. The molecule has 0 aliphatic carbocycles. The van der Waals surface area contributed by atoms with Crippen LogP contribution in [0.15, 0.2) is 18.2 Å². The Hall–Kier alpha value is -1.88. The molecule has 0 bridgehead atoms. The van der Waals surface area contributed by atoms with Gasteiger partial charge in [0.1, 0.15) is 5.82 Å². The molecule has 0 atom stereocenters. The largest absolute Gasteiger partial charge is 0.478 e. The number of benzene rings is 1. The van der Waals surface area contributed by atoms with Gasteiger partial charge in [-0.05, 0) is 69.9 Å². The number of nitrogens with zero attached hydrogens (tertiary/aromatic N) is 3. The summed E-state index contributed by atoms with van der Waals surface area (Å²) in [6, 6.07) is 5.23. The summed E-state index contributed by atoms with van der Waals surface area (Å²) in [5.41, 5.74) is 2.17. The highest BCUT2D eigenvalue weighted by Gasteiger charge is 2.13. The molecular formula is C21H33N3O2. The van der Waals surface area contributed by atoms with Gasteiger partial charge in [-0.3, -0.25) is 0 Å².